The lowest BCUT2D eigenvalue weighted by atomic mass is 10.1. The number of halogens is 3. The maximum absolute atomic E-state index is 12.9. The standard InChI is InChI=1S/C18H20F3N3O2/c1-11-15(10-24-7-6-13(9-24)16(25)22-2)23-17(26-11)12-4-3-5-14(8-12)18(19,20)21/h3-5,8,13H,6-7,9-10H2,1-2H3,(H,22,25)/t13-/m1/s1. The fourth-order valence-electron chi connectivity index (χ4n) is 3.13. The Balaban J connectivity index is 1.75. The average Bonchev–Trinajstić information content (AvgIpc) is 3.21. The van der Waals surface area contributed by atoms with Gasteiger partial charge in [-0.3, -0.25) is 9.69 Å². The first kappa shape index (κ1) is 18.4. The third-order valence-corrected chi connectivity index (χ3v) is 4.59. The minimum Gasteiger partial charge on any atom is -0.441 e. The van der Waals surface area contributed by atoms with Crippen LogP contribution in [-0.2, 0) is 17.5 Å². The molecule has 1 N–H and O–H groups in total. The summed E-state index contributed by atoms with van der Waals surface area (Å²) in [5.74, 6) is 0.718. The van der Waals surface area contributed by atoms with Gasteiger partial charge in [0.25, 0.3) is 0 Å². The minimum absolute atomic E-state index is 0.0222. The highest BCUT2D eigenvalue weighted by Gasteiger charge is 2.31. The monoisotopic (exact) mass is 367 g/mol. The number of carbonyl (C=O) groups is 1. The van der Waals surface area contributed by atoms with Crippen molar-refractivity contribution in [1.29, 1.82) is 0 Å². The summed E-state index contributed by atoms with van der Waals surface area (Å²) in [4.78, 5) is 18.2. The summed E-state index contributed by atoms with van der Waals surface area (Å²) in [6, 6.07) is 4.93. The molecule has 2 aromatic rings. The van der Waals surface area contributed by atoms with Crippen molar-refractivity contribution in [1.82, 2.24) is 15.2 Å². The third kappa shape index (κ3) is 3.90. The number of hydrogen-bond acceptors (Lipinski definition) is 4. The molecule has 1 saturated heterocycles. The molecular weight excluding hydrogens is 347 g/mol. The molecule has 1 atom stereocenters. The molecule has 0 aliphatic carbocycles. The molecule has 0 bridgehead atoms. The van der Waals surface area contributed by atoms with Crippen LogP contribution in [0.3, 0.4) is 0 Å². The van der Waals surface area contributed by atoms with Gasteiger partial charge < -0.3 is 9.73 Å². The van der Waals surface area contributed by atoms with E-state index in [0.29, 0.717) is 30.1 Å². The summed E-state index contributed by atoms with van der Waals surface area (Å²) < 4.78 is 44.2. The fraction of sp³-hybridized carbons (Fsp3) is 0.444. The normalized spacial score (nSPS) is 18.3. The van der Waals surface area contributed by atoms with E-state index in [4.69, 9.17) is 4.42 Å². The van der Waals surface area contributed by atoms with Crippen molar-refractivity contribution in [3.63, 3.8) is 0 Å². The SMILES string of the molecule is CNC(=O)[C@@H]1CCN(Cc2nc(-c3cccc(C(F)(F)F)c3)oc2C)C1. The molecule has 0 spiro atoms. The molecule has 1 aromatic carbocycles. The Bertz CT molecular complexity index is 801. The molecular formula is C18H20F3N3O2. The highest BCUT2D eigenvalue weighted by molar-refractivity contribution is 5.78. The lowest BCUT2D eigenvalue weighted by Gasteiger charge is -2.14. The van der Waals surface area contributed by atoms with Gasteiger partial charge >= 0.3 is 6.18 Å². The molecule has 140 valence electrons. The maximum Gasteiger partial charge on any atom is 0.416 e. The van der Waals surface area contributed by atoms with Crippen molar-refractivity contribution < 1.29 is 22.4 Å². The van der Waals surface area contributed by atoms with Gasteiger partial charge in [0.1, 0.15) is 5.76 Å². The van der Waals surface area contributed by atoms with Crippen LogP contribution in [-0.4, -0.2) is 35.9 Å². The first-order valence-electron chi connectivity index (χ1n) is 8.36. The van der Waals surface area contributed by atoms with Crippen molar-refractivity contribution in [2.75, 3.05) is 20.1 Å². The van der Waals surface area contributed by atoms with Gasteiger partial charge in [-0.2, -0.15) is 13.2 Å². The van der Waals surface area contributed by atoms with E-state index in [-0.39, 0.29) is 17.7 Å². The first-order chi connectivity index (χ1) is 12.3. The van der Waals surface area contributed by atoms with E-state index in [1.165, 1.54) is 6.07 Å². The van der Waals surface area contributed by atoms with Crippen molar-refractivity contribution in [3.05, 3.63) is 41.3 Å². The highest BCUT2D eigenvalue weighted by atomic mass is 19.4. The van der Waals surface area contributed by atoms with Gasteiger partial charge in [0.15, 0.2) is 0 Å². The second-order valence-corrected chi connectivity index (χ2v) is 6.44. The van der Waals surface area contributed by atoms with E-state index >= 15 is 0 Å². The van der Waals surface area contributed by atoms with Gasteiger partial charge in [-0.25, -0.2) is 4.98 Å². The van der Waals surface area contributed by atoms with Crippen LogP contribution in [0.5, 0.6) is 0 Å². The van der Waals surface area contributed by atoms with Gasteiger partial charge in [-0.05, 0) is 38.1 Å². The van der Waals surface area contributed by atoms with E-state index in [1.807, 2.05) is 0 Å². The van der Waals surface area contributed by atoms with Crippen molar-refractivity contribution in [2.24, 2.45) is 5.92 Å². The van der Waals surface area contributed by atoms with E-state index < -0.39 is 11.7 Å². The van der Waals surface area contributed by atoms with Crippen LogP contribution in [0.2, 0.25) is 0 Å². The van der Waals surface area contributed by atoms with Gasteiger partial charge in [0, 0.05) is 25.7 Å². The lowest BCUT2D eigenvalue weighted by Crippen LogP contribution is -2.30. The average molecular weight is 367 g/mol. The van der Waals surface area contributed by atoms with Crippen LogP contribution >= 0.6 is 0 Å². The molecule has 1 aliphatic heterocycles. The van der Waals surface area contributed by atoms with Crippen LogP contribution in [0.1, 0.15) is 23.4 Å². The van der Waals surface area contributed by atoms with Crippen LogP contribution in [0.4, 0.5) is 13.2 Å². The summed E-state index contributed by atoms with van der Waals surface area (Å²) in [5.41, 5.74) is 0.231. The van der Waals surface area contributed by atoms with Crippen LogP contribution in [0.25, 0.3) is 11.5 Å². The summed E-state index contributed by atoms with van der Waals surface area (Å²) in [6.45, 7) is 3.64. The first-order valence-corrected chi connectivity index (χ1v) is 8.36. The number of aromatic nitrogens is 1. The van der Waals surface area contributed by atoms with E-state index in [1.54, 1.807) is 20.0 Å². The van der Waals surface area contributed by atoms with Gasteiger partial charge in [-0.1, -0.05) is 6.07 Å². The van der Waals surface area contributed by atoms with E-state index in [9.17, 15) is 18.0 Å². The topological polar surface area (TPSA) is 58.4 Å². The zero-order chi connectivity index (χ0) is 18.9. The Kier molecular flexibility index (Phi) is 5.04. The Labute approximate surface area is 149 Å². The van der Waals surface area contributed by atoms with Crippen molar-refractivity contribution in [3.8, 4) is 11.5 Å². The molecule has 5 nitrogen and oxygen atoms in total. The molecule has 2 heterocycles. The minimum atomic E-state index is -4.41. The van der Waals surface area contributed by atoms with Gasteiger partial charge in [0.2, 0.25) is 11.8 Å². The zero-order valence-corrected chi connectivity index (χ0v) is 14.6. The number of benzene rings is 1. The largest absolute Gasteiger partial charge is 0.441 e. The van der Waals surface area contributed by atoms with E-state index in [0.717, 1.165) is 25.1 Å². The number of aryl methyl sites for hydroxylation is 1. The fourth-order valence-corrected chi connectivity index (χ4v) is 3.13. The number of amides is 1. The quantitative estimate of drug-likeness (QED) is 0.901. The smallest absolute Gasteiger partial charge is 0.416 e. The summed E-state index contributed by atoms with van der Waals surface area (Å²) in [6.07, 6.45) is -3.64. The number of nitrogens with zero attached hydrogens (tertiary/aromatic N) is 2. The molecule has 1 fully saturated rings. The Hall–Kier alpha value is -2.35. The van der Waals surface area contributed by atoms with E-state index in [2.05, 4.69) is 15.2 Å². The lowest BCUT2D eigenvalue weighted by molar-refractivity contribution is -0.137. The predicted molar refractivity (Wildman–Crippen MR) is 89.1 cm³/mol. The summed E-state index contributed by atoms with van der Waals surface area (Å²) in [5, 5.41) is 2.65. The number of likely N-dealkylation sites (tertiary alicyclic amines) is 1. The second-order valence-electron chi connectivity index (χ2n) is 6.44. The molecule has 0 radical (unpaired) electrons. The second kappa shape index (κ2) is 7.11. The van der Waals surface area contributed by atoms with Crippen LogP contribution < -0.4 is 5.32 Å². The molecule has 1 aromatic heterocycles. The number of nitrogens with one attached hydrogen (secondary N) is 1. The summed E-state index contributed by atoms with van der Waals surface area (Å²) in [7, 11) is 1.62. The Morgan fingerprint density at radius 2 is 2.19 bits per heavy atom. The maximum atomic E-state index is 12.9. The molecule has 0 saturated carbocycles. The van der Waals surface area contributed by atoms with Crippen molar-refractivity contribution >= 4 is 5.91 Å². The third-order valence-electron chi connectivity index (χ3n) is 4.59. The molecule has 1 aliphatic rings. The Morgan fingerprint density at radius 3 is 2.88 bits per heavy atom. The number of rotatable bonds is 4. The number of carbonyl (C=O) groups excluding carboxylic acids is 1. The Morgan fingerprint density at radius 1 is 1.42 bits per heavy atom. The van der Waals surface area contributed by atoms with Gasteiger partial charge in [-0.15, -0.1) is 0 Å². The molecule has 1 amide bonds. The summed E-state index contributed by atoms with van der Waals surface area (Å²) >= 11 is 0. The van der Waals surface area contributed by atoms with Crippen molar-refractivity contribution in [2.45, 2.75) is 26.1 Å². The van der Waals surface area contributed by atoms with Gasteiger partial charge in [0.05, 0.1) is 17.2 Å². The molecule has 0 unspecified atom stereocenters. The zero-order valence-electron chi connectivity index (χ0n) is 14.6. The number of oxazole rings is 1. The number of alkyl halides is 3. The molecule has 3 rings (SSSR count). The highest BCUT2D eigenvalue weighted by Crippen LogP contribution is 2.32. The number of hydrogen-bond donors (Lipinski definition) is 1. The predicted octanol–water partition coefficient (Wildman–Crippen LogP) is 3.24. The van der Waals surface area contributed by atoms with Crippen LogP contribution in [0.15, 0.2) is 28.7 Å². The molecule has 8 heteroatoms. The molecule has 26 heavy (non-hydrogen) atoms. The van der Waals surface area contributed by atoms with Crippen LogP contribution in [0, 0.1) is 12.8 Å².